The fourth-order valence-electron chi connectivity index (χ4n) is 3.09. The number of anilines is 1. The molecular weight excluding hydrogens is 314 g/mol. The molecule has 0 saturated carbocycles. The van der Waals surface area contributed by atoms with Crippen LogP contribution in [0.2, 0.25) is 0 Å². The highest BCUT2D eigenvalue weighted by Crippen LogP contribution is 2.33. The van der Waals surface area contributed by atoms with E-state index in [4.69, 9.17) is 5.10 Å². The number of nitrogens with zero attached hydrogens (tertiary/aromatic N) is 4. The van der Waals surface area contributed by atoms with Crippen molar-refractivity contribution in [2.24, 2.45) is 15.1 Å². The van der Waals surface area contributed by atoms with Gasteiger partial charge in [0.2, 0.25) is 0 Å². The number of hydrogen-bond donors (Lipinski definition) is 2. The number of quaternary nitrogens is 1. The molecule has 0 amide bonds. The number of guanidine groups is 1. The first-order valence-corrected chi connectivity index (χ1v) is 7.99. The van der Waals surface area contributed by atoms with Crippen molar-refractivity contribution in [3.05, 3.63) is 66.0 Å². The van der Waals surface area contributed by atoms with Crippen molar-refractivity contribution in [1.82, 2.24) is 4.59 Å². The van der Waals surface area contributed by atoms with E-state index < -0.39 is 0 Å². The molecule has 0 radical (unpaired) electrons. The minimum Gasteiger partial charge on any atom is -0.508 e. The highest BCUT2D eigenvalue weighted by Gasteiger charge is 2.42. The van der Waals surface area contributed by atoms with Crippen LogP contribution in [0, 0.1) is 13.8 Å². The minimum absolute atomic E-state index is 0.0467. The zero-order valence-electron chi connectivity index (χ0n) is 14.0. The van der Waals surface area contributed by atoms with Gasteiger partial charge in [0.1, 0.15) is 12.0 Å². The Balaban J connectivity index is 1.76. The first-order chi connectivity index (χ1) is 12.0. The quantitative estimate of drug-likeness (QED) is 0.824. The second-order valence-electron chi connectivity index (χ2n) is 6.18. The van der Waals surface area contributed by atoms with E-state index in [1.807, 2.05) is 12.3 Å². The van der Waals surface area contributed by atoms with Crippen LogP contribution in [0.5, 0.6) is 5.75 Å². The predicted octanol–water partition coefficient (Wildman–Crippen LogP) is 3.67. The van der Waals surface area contributed by atoms with Gasteiger partial charge in [-0.15, -0.1) is 0 Å². The van der Waals surface area contributed by atoms with Crippen LogP contribution < -0.4 is 9.91 Å². The first kappa shape index (κ1) is 15.3. The minimum atomic E-state index is 0.0467. The van der Waals surface area contributed by atoms with E-state index in [0.29, 0.717) is 11.8 Å². The number of nitrogens with one attached hydrogen (secondary N) is 1. The Morgan fingerprint density at radius 3 is 2.60 bits per heavy atom. The lowest BCUT2D eigenvalue weighted by atomic mass is 10.1. The Morgan fingerprint density at radius 1 is 1.04 bits per heavy atom. The normalized spacial score (nSPS) is 20.9. The van der Waals surface area contributed by atoms with E-state index in [0.717, 1.165) is 11.4 Å². The van der Waals surface area contributed by atoms with Crippen molar-refractivity contribution in [2.45, 2.75) is 13.8 Å². The van der Waals surface area contributed by atoms with Gasteiger partial charge in [-0.2, -0.15) is 4.99 Å². The average molecular weight is 332 g/mol. The number of aryl methyl sites for hydroxylation is 2. The third-order valence-corrected chi connectivity index (χ3v) is 4.08. The summed E-state index contributed by atoms with van der Waals surface area (Å²) in [6, 6.07) is 13.2. The maximum Gasteiger partial charge on any atom is 0.287 e. The summed E-state index contributed by atoms with van der Waals surface area (Å²) in [4.78, 5) is 8.76. The lowest BCUT2D eigenvalue weighted by Gasteiger charge is -2.23. The van der Waals surface area contributed by atoms with Crippen LogP contribution in [-0.4, -0.2) is 23.1 Å². The molecule has 2 N–H and O–H groups in total. The number of aromatic hydroxyl groups is 1. The third kappa shape index (κ3) is 2.72. The highest BCUT2D eigenvalue weighted by molar-refractivity contribution is 6.38. The van der Waals surface area contributed by atoms with E-state index >= 15 is 0 Å². The fraction of sp³-hybridized carbons (Fsp3) is 0.105. The molecule has 124 valence electrons. The Hall–Kier alpha value is -3.25. The van der Waals surface area contributed by atoms with E-state index in [1.54, 1.807) is 30.6 Å². The molecule has 0 aromatic heterocycles. The molecule has 6 heteroatoms. The van der Waals surface area contributed by atoms with Crippen LogP contribution in [0.3, 0.4) is 0 Å². The SMILES string of the molecule is Cc1cc(C)cc(NC2=N[N+]3(c4cccc(O)c4)C=CN=CC3=N2)c1. The molecule has 2 heterocycles. The van der Waals surface area contributed by atoms with Gasteiger partial charge >= 0.3 is 0 Å². The molecule has 6 nitrogen and oxygen atoms in total. The lowest BCUT2D eigenvalue weighted by molar-refractivity contribution is 0.472. The number of phenolic OH excluding ortho intramolecular Hbond substituents is 1. The summed E-state index contributed by atoms with van der Waals surface area (Å²) >= 11 is 0. The topological polar surface area (TPSA) is 69.3 Å². The number of amidine groups is 1. The number of benzene rings is 2. The van der Waals surface area contributed by atoms with Crippen molar-refractivity contribution in [2.75, 3.05) is 5.32 Å². The van der Waals surface area contributed by atoms with Gasteiger partial charge in [-0.05, 0) is 48.3 Å². The van der Waals surface area contributed by atoms with E-state index in [-0.39, 0.29) is 10.3 Å². The van der Waals surface area contributed by atoms with Crippen LogP contribution in [0.1, 0.15) is 11.1 Å². The molecule has 1 atom stereocenters. The largest absolute Gasteiger partial charge is 0.508 e. The molecule has 25 heavy (non-hydrogen) atoms. The van der Waals surface area contributed by atoms with E-state index in [1.165, 1.54) is 11.1 Å². The Kier molecular flexibility index (Phi) is 3.47. The predicted molar refractivity (Wildman–Crippen MR) is 102 cm³/mol. The van der Waals surface area contributed by atoms with Crippen molar-refractivity contribution < 1.29 is 5.11 Å². The average Bonchev–Trinajstić information content (AvgIpc) is 2.93. The molecule has 0 spiro atoms. The zero-order valence-corrected chi connectivity index (χ0v) is 14.0. The van der Waals surface area contributed by atoms with Crippen molar-refractivity contribution in [3.63, 3.8) is 0 Å². The summed E-state index contributed by atoms with van der Waals surface area (Å²) in [6.45, 7) is 4.11. The lowest BCUT2D eigenvalue weighted by Crippen LogP contribution is -2.44. The Labute approximate surface area is 145 Å². The smallest absolute Gasteiger partial charge is 0.287 e. The summed E-state index contributed by atoms with van der Waals surface area (Å²) in [5.74, 6) is 1.35. The zero-order chi connectivity index (χ0) is 17.4. The molecule has 0 saturated heterocycles. The van der Waals surface area contributed by atoms with Crippen molar-refractivity contribution >= 4 is 29.4 Å². The maximum absolute atomic E-state index is 9.85. The molecule has 2 aliphatic heterocycles. The maximum atomic E-state index is 9.85. The fourth-order valence-corrected chi connectivity index (χ4v) is 3.09. The molecule has 2 aromatic rings. The van der Waals surface area contributed by atoms with Gasteiger partial charge in [0.15, 0.2) is 11.9 Å². The second-order valence-corrected chi connectivity index (χ2v) is 6.18. The number of hydrogen-bond acceptors (Lipinski definition) is 5. The van der Waals surface area contributed by atoms with Crippen molar-refractivity contribution in [1.29, 1.82) is 0 Å². The van der Waals surface area contributed by atoms with Crippen LogP contribution in [0.4, 0.5) is 11.4 Å². The van der Waals surface area contributed by atoms with E-state index in [2.05, 4.69) is 47.3 Å². The summed E-state index contributed by atoms with van der Waals surface area (Å²) in [6.07, 6.45) is 5.21. The van der Waals surface area contributed by atoms with Crippen LogP contribution >= 0.6 is 0 Å². The summed E-state index contributed by atoms with van der Waals surface area (Å²) in [7, 11) is 0. The van der Waals surface area contributed by atoms with Crippen LogP contribution in [0.25, 0.3) is 0 Å². The van der Waals surface area contributed by atoms with Gasteiger partial charge in [0.25, 0.3) is 11.8 Å². The highest BCUT2D eigenvalue weighted by atomic mass is 16.3. The van der Waals surface area contributed by atoms with Gasteiger partial charge in [-0.25, -0.2) is 0 Å². The van der Waals surface area contributed by atoms with Gasteiger partial charge in [0.05, 0.1) is 6.20 Å². The molecular formula is C19H18N5O+. The number of fused-ring (bicyclic) bond motifs is 1. The Bertz CT molecular complexity index is 953. The van der Waals surface area contributed by atoms with Gasteiger partial charge in [-0.1, -0.05) is 16.7 Å². The number of phenols is 1. The van der Waals surface area contributed by atoms with Crippen molar-refractivity contribution in [3.8, 4) is 5.75 Å². The van der Waals surface area contributed by atoms with Gasteiger partial charge in [0, 0.05) is 17.8 Å². The van der Waals surface area contributed by atoms with Gasteiger partial charge in [-0.3, -0.25) is 4.99 Å². The molecule has 2 aliphatic rings. The number of rotatable bonds is 2. The second kappa shape index (κ2) is 5.68. The first-order valence-electron chi connectivity index (χ1n) is 7.99. The summed E-state index contributed by atoms with van der Waals surface area (Å²) < 4.78 is 0.0467. The molecule has 0 aliphatic carbocycles. The Morgan fingerprint density at radius 2 is 1.84 bits per heavy atom. The molecule has 4 rings (SSSR count). The number of aliphatic imine (C=N–C) groups is 2. The third-order valence-electron chi connectivity index (χ3n) is 4.08. The summed E-state index contributed by atoms with van der Waals surface area (Å²) in [5.41, 5.74) is 4.07. The monoisotopic (exact) mass is 332 g/mol. The van der Waals surface area contributed by atoms with E-state index in [9.17, 15) is 5.11 Å². The molecule has 2 aromatic carbocycles. The van der Waals surface area contributed by atoms with Gasteiger partial charge < -0.3 is 10.4 Å². The molecule has 1 unspecified atom stereocenters. The standard InChI is InChI=1S/C19H17N5O/c1-13-8-14(2)10-15(9-13)21-19-22-18-12-20-6-7-24(18,23-19)16-4-3-5-17(25)11-16/h3-12H,1-2H3,(H-,21,23,25)/p+1. The molecule has 0 fully saturated rings. The molecule has 0 bridgehead atoms. The van der Waals surface area contributed by atoms with Crippen LogP contribution in [0.15, 0.2) is 70.0 Å². The summed E-state index contributed by atoms with van der Waals surface area (Å²) in [5, 5.41) is 17.9. The van der Waals surface area contributed by atoms with Crippen LogP contribution in [-0.2, 0) is 0 Å².